The van der Waals surface area contributed by atoms with Crippen LogP contribution < -0.4 is 10.6 Å². The molecule has 0 spiro atoms. The van der Waals surface area contributed by atoms with Crippen LogP contribution in [0.2, 0.25) is 0 Å². The van der Waals surface area contributed by atoms with E-state index >= 15 is 0 Å². The SMILES string of the molecule is CCNC(C)(C)C(=O)NC(CCOC)C(=O)O. The van der Waals surface area contributed by atoms with Crippen molar-refractivity contribution in [3.8, 4) is 0 Å². The molecule has 1 unspecified atom stereocenters. The number of aliphatic carboxylic acids is 1. The average molecular weight is 246 g/mol. The van der Waals surface area contributed by atoms with Gasteiger partial charge in [0.15, 0.2) is 0 Å². The second-order valence-corrected chi connectivity index (χ2v) is 4.30. The Morgan fingerprint density at radius 1 is 1.41 bits per heavy atom. The summed E-state index contributed by atoms with van der Waals surface area (Å²) in [5.41, 5.74) is -0.782. The smallest absolute Gasteiger partial charge is 0.326 e. The van der Waals surface area contributed by atoms with Crippen LogP contribution in [0.15, 0.2) is 0 Å². The third-order valence-corrected chi connectivity index (χ3v) is 2.40. The molecule has 0 aromatic carbocycles. The third-order valence-electron chi connectivity index (χ3n) is 2.40. The van der Waals surface area contributed by atoms with Crippen molar-refractivity contribution in [1.29, 1.82) is 0 Å². The maximum Gasteiger partial charge on any atom is 0.326 e. The van der Waals surface area contributed by atoms with E-state index in [1.807, 2.05) is 6.92 Å². The molecule has 0 aliphatic rings. The minimum Gasteiger partial charge on any atom is -0.480 e. The Labute approximate surface area is 102 Å². The molecule has 100 valence electrons. The summed E-state index contributed by atoms with van der Waals surface area (Å²) in [6, 6.07) is -0.916. The number of nitrogens with one attached hydrogen (secondary N) is 2. The molecule has 0 fully saturated rings. The van der Waals surface area contributed by atoms with Gasteiger partial charge < -0.3 is 20.5 Å². The van der Waals surface area contributed by atoms with E-state index in [0.717, 1.165) is 0 Å². The first-order valence-electron chi connectivity index (χ1n) is 5.63. The van der Waals surface area contributed by atoms with E-state index in [2.05, 4.69) is 10.6 Å². The fourth-order valence-electron chi connectivity index (χ4n) is 1.35. The molecule has 0 aromatic heterocycles. The number of carboxylic acid groups (broad SMARTS) is 1. The van der Waals surface area contributed by atoms with Crippen molar-refractivity contribution in [3.05, 3.63) is 0 Å². The van der Waals surface area contributed by atoms with Crippen molar-refractivity contribution in [1.82, 2.24) is 10.6 Å². The lowest BCUT2D eigenvalue weighted by Crippen LogP contribution is -2.56. The van der Waals surface area contributed by atoms with E-state index in [4.69, 9.17) is 9.84 Å². The van der Waals surface area contributed by atoms with Crippen LogP contribution in [0.3, 0.4) is 0 Å². The van der Waals surface area contributed by atoms with E-state index in [0.29, 0.717) is 13.2 Å². The van der Waals surface area contributed by atoms with Crippen molar-refractivity contribution in [2.45, 2.75) is 38.8 Å². The fourth-order valence-corrected chi connectivity index (χ4v) is 1.35. The molecule has 0 aliphatic carbocycles. The maximum absolute atomic E-state index is 11.9. The topological polar surface area (TPSA) is 87.7 Å². The van der Waals surface area contributed by atoms with E-state index in [-0.39, 0.29) is 12.3 Å². The van der Waals surface area contributed by atoms with Crippen molar-refractivity contribution in [3.63, 3.8) is 0 Å². The van der Waals surface area contributed by atoms with Gasteiger partial charge in [0.05, 0.1) is 5.54 Å². The molecule has 6 nitrogen and oxygen atoms in total. The van der Waals surface area contributed by atoms with Gasteiger partial charge in [-0.05, 0) is 20.4 Å². The largest absolute Gasteiger partial charge is 0.480 e. The van der Waals surface area contributed by atoms with E-state index in [1.165, 1.54) is 7.11 Å². The van der Waals surface area contributed by atoms with Crippen molar-refractivity contribution in [2.24, 2.45) is 0 Å². The molecular weight excluding hydrogens is 224 g/mol. The van der Waals surface area contributed by atoms with Crippen LogP contribution in [0.5, 0.6) is 0 Å². The Hall–Kier alpha value is -1.14. The first kappa shape index (κ1) is 15.9. The summed E-state index contributed by atoms with van der Waals surface area (Å²) >= 11 is 0. The van der Waals surface area contributed by atoms with Gasteiger partial charge in [0.2, 0.25) is 5.91 Å². The Morgan fingerprint density at radius 3 is 2.41 bits per heavy atom. The number of likely N-dealkylation sites (N-methyl/N-ethyl adjacent to an activating group) is 1. The van der Waals surface area contributed by atoms with Crippen LogP contribution in [0.25, 0.3) is 0 Å². The lowest BCUT2D eigenvalue weighted by atomic mass is 10.0. The van der Waals surface area contributed by atoms with Crippen LogP contribution in [-0.4, -0.2) is 48.8 Å². The minimum atomic E-state index is -1.05. The molecule has 17 heavy (non-hydrogen) atoms. The summed E-state index contributed by atoms with van der Waals surface area (Å²) in [6.07, 6.45) is 0.250. The molecule has 0 radical (unpaired) electrons. The number of amides is 1. The van der Waals surface area contributed by atoms with E-state index in [9.17, 15) is 9.59 Å². The number of ether oxygens (including phenoxy) is 1. The highest BCUT2D eigenvalue weighted by atomic mass is 16.5. The van der Waals surface area contributed by atoms with Crippen molar-refractivity contribution < 1.29 is 19.4 Å². The van der Waals surface area contributed by atoms with Crippen LogP contribution in [0.1, 0.15) is 27.2 Å². The number of carbonyl (C=O) groups excluding carboxylic acids is 1. The second-order valence-electron chi connectivity index (χ2n) is 4.30. The van der Waals surface area contributed by atoms with Crippen LogP contribution >= 0.6 is 0 Å². The van der Waals surface area contributed by atoms with E-state index < -0.39 is 17.6 Å². The van der Waals surface area contributed by atoms with E-state index in [1.54, 1.807) is 13.8 Å². The Bertz CT molecular complexity index is 266. The minimum absolute atomic E-state index is 0.250. The molecule has 0 rings (SSSR count). The van der Waals surface area contributed by atoms with Gasteiger partial charge in [-0.25, -0.2) is 4.79 Å². The molecule has 1 amide bonds. The highest BCUT2D eigenvalue weighted by Crippen LogP contribution is 2.04. The van der Waals surface area contributed by atoms with Crippen molar-refractivity contribution >= 4 is 11.9 Å². The summed E-state index contributed by atoms with van der Waals surface area (Å²) in [4.78, 5) is 22.8. The monoisotopic (exact) mass is 246 g/mol. The Morgan fingerprint density at radius 2 is 2.00 bits per heavy atom. The third kappa shape index (κ3) is 5.65. The van der Waals surface area contributed by atoms with Gasteiger partial charge in [-0.15, -0.1) is 0 Å². The molecule has 0 aliphatic heterocycles. The van der Waals surface area contributed by atoms with Gasteiger partial charge in [-0.3, -0.25) is 4.79 Å². The summed E-state index contributed by atoms with van der Waals surface area (Å²) in [7, 11) is 1.49. The van der Waals surface area contributed by atoms with Gasteiger partial charge in [0, 0.05) is 20.1 Å². The van der Waals surface area contributed by atoms with Gasteiger partial charge in [0.25, 0.3) is 0 Å². The Kier molecular flexibility index (Phi) is 6.75. The second kappa shape index (κ2) is 7.24. The quantitative estimate of drug-likeness (QED) is 0.560. The summed E-state index contributed by atoms with van der Waals surface area (Å²) in [6.45, 7) is 6.23. The zero-order valence-corrected chi connectivity index (χ0v) is 10.9. The molecule has 0 saturated heterocycles. The fraction of sp³-hybridized carbons (Fsp3) is 0.818. The predicted octanol–water partition coefficient (Wildman–Crippen LogP) is -0.0196. The molecule has 0 aromatic rings. The lowest BCUT2D eigenvalue weighted by molar-refractivity contribution is -0.143. The van der Waals surface area contributed by atoms with Crippen LogP contribution in [-0.2, 0) is 14.3 Å². The first-order chi connectivity index (χ1) is 7.85. The molecule has 6 heteroatoms. The summed E-state index contributed by atoms with van der Waals surface area (Å²) in [5.74, 6) is -1.38. The standard InChI is InChI=1S/C11H22N2O4/c1-5-12-11(2,3)10(16)13-8(9(14)15)6-7-17-4/h8,12H,5-7H2,1-4H3,(H,13,16)(H,14,15). The molecule has 3 N–H and O–H groups in total. The summed E-state index contributed by atoms with van der Waals surface area (Å²) < 4.78 is 4.81. The zero-order chi connectivity index (χ0) is 13.5. The zero-order valence-electron chi connectivity index (χ0n) is 10.9. The molecule has 1 atom stereocenters. The summed E-state index contributed by atoms with van der Waals surface area (Å²) in [5, 5.41) is 14.4. The number of hydrogen-bond donors (Lipinski definition) is 3. The molecule has 0 heterocycles. The van der Waals surface area contributed by atoms with Gasteiger partial charge in [0.1, 0.15) is 6.04 Å². The molecular formula is C11H22N2O4. The van der Waals surface area contributed by atoms with Crippen LogP contribution in [0, 0.1) is 0 Å². The number of methoxy groups -OCH3 is 1. The number of hydrogen-bond acceptors (Lipinski definition) is 4. The average Bonchev–Trinajstić information content (AvgIpc) is 2.23. The van der Waals surface area contributed by atoms with Crippen LogP contribution in [0.4, 0.5) is 0 Å². The van der Waals surface area contributed by atoms with Gasteiger partial charge >= 0.3 is 5.97 Å². The Balaban J connectivity index is 4.44. The lowest BCUT2D eigenvalue weighted by Gasteiger charge is -2.26. The highest BCUT2D eigenvalue weighted by molar-refractivity contribution is 5.89. The first-order valence-corrected chi connectivity index (χ1v) is 5.63. The molecule has 0 saturated carbocycles. The molecule has 0 bridgehead atoms. The van der Waals surface area contributed by atoms with Gasteiger partial charge in [-0.2, -0.15) is 0 Å². The predicted molar refractivity (Wildman–Crippen MR) is 63.8 cm³/mol. The van der Waals surface area contributed by atoms with Gasteiger partial charge in [-0.1, -0.05) is 6.92 Å². The normalized spacial score (nSPS) is 13.2. The number of carboxylic acids is 1. The number of rotatable bonds is 8. The number of carbonyl (C=O) groups is 2. The van der Waals surface area contributed by atoms with Crippen molar-refractivity contribution in [2.75, 3.05) is 20.3 Å². The maximum atomic E-state index is 11.9. The highest BCUT2D eigenvalue weighted by Gasteiger charge is 2.30.